The van der Waals surface area contributed by atoms with Crippen molar-refractivity contribution in [3.8, 4) is 0 Å². The van der Waals surface area contributed by atoms with Crippen molar-refractivity contribution in [2.24, 2.45) is 5.41 Å². The molecule has 0 aromatic rings. The standard InChI is InChI=1S/C13H18O3/c1-13(8-4-10-15)7-2-5-11(12(13)16)6-3-9-14/h2-5,9-10,14-16H,6-8H2,1H3. The second kappa shape index (κ2) is 5.45. The quantitative estimate of drug-likeness (QED) is 0.636. The molecular formula is C13H18O3. The van der Waals surface area contributed by atoms with Gasteiger partial charge in [-0.15, -0.1) is 0 Å². The van der Waals surface area contributed by atoms with Gasteiger partial charge in [-0.3, -0.25) is 0 Å². The third-order valence-corrected chi connectivity index (χ3v) is 2.88. The maximum Gasteiger partial charge on any atom is 0.102 e. The number of allylic oxidation sites excluding steroid dienone is 6. The van der Waals surface area contributed by atoms with E-state index in [9.17, 15) is 5.11 Å². The summed E-state index contributed by atoms with van der Waals surface area (Å²) in [4.78, 5) is 0. The van der Waals surface area contributed by atoms with Gasteiger partial charge >= 0.3 is 0 Å². The minimum atomic E-state index is -0.355. The number of aliphatic hydroxyl groups excluding tert-OH is 3. The summed E-state index contributed by atoms with van der Waals surface area (Å²) in [5.41, 5.74) is 0.456. The Morgan fingerprint density at radius 1 is 1.31 bits per heavy atom. The van der Waals surface area contributed by atoms with Crippen LogP contribution in [-0.2, 0) is 0 Å². The molecule has 0 fully saturated rings. The summed E-state index contributed by atoms with van der Waals surface area (Å²) < 4.78 is 0. The van der Waals surface area contributed by atoms with Crippen LogP contribution < -0.4 is 0 Å². The Labute approximate surface area is 95.7 Å². The van der Waals surface area contributed by atoms with Crippen LogP contribution >= 0.6 is 0 Å². The van der Waals surface area contributed by atoms with E-state index in [0.717, 1.165) is 24.5 Å². The monoisotopic (exact) mass is 222 g/mol. The molecule has 3 N–H and O–H groups in total. The third kappa shape index (κ3) is 2.69. The zero-order valence-electron chi connectivity index (χ0n) is 9.43. The van der Waals surface area contributed by atoms with E-state index in [4.69, 9.17) is 10.2 Å². The molecule has 1 aliphatic carbocycles. The van der Waals surface area contributed by atoms with Gasteiger partial charge in [0.1, 0.15) is 5.76 Å². The molecular weight excluding hydrogens is 204 g/mol. The number of aliphatic hydroxyl groups is 3. The number of hydrogen-bond donors (Lipinski definition) is 3. The first-order valence-corrected chi connectivity index (χ1v) is 5.31. The average molecular weight is 222 g/mol. The van der Waals surface area contributed by atoms with Gasteiger partial charge in [0, 0.05) is 5.41 Å². The van der Waals surface area contributed by atoms with Crippen molar-refractivity contribution in [1.82, 2.24) is 0 Å². The van der Waals surface area contributed by atoms with Crippen molar-refractivity contribution in [2.75, 3.05) is 0 Å². The fraction of sp³-hybridized carbons (Fsp3) is 0.385. The van der Waals surface area contributed by atoms with Gasteiger partial charge in [-0.2, -0.15) is 0 Å². The van der Waals surface area contributed by atoms with Gasteiger partial charge in [0.2, 0.25) is 0 Å². The van der Waals surface area contributed by atoms with Crippen LogP contribution in [0.25, 0.3) is 0 Å². The molecule has 0 radical (unpaired) electrons. The molecule has 0 bridgehead atoms. The van der Waals surface area contributed by atoms with Gasteiger partial charge in [0.25, 0.3) is 0 Å². The highest BCUT2D eigenvalue weighted by atomic mass is 16.3. The van der Waals surface area contributed by atoms with Gasteiger partial charge in [-0.25, -0.2) is 0 Å². The summed E-state index contributed by atoms with van der Waals surface area (Å²) in [5, 5.41) is 27.4. The van der Waals surface area contributed by atoms with E-state index in [-0.39, 0.29) is 5.41 Å². The average Bonchev–Trinajstić information content (AvgIpc) is 2.29. The van der Waals surface area contributed by atoms with Crippen LogP contribution in [0.15, 0.2) is 48.2 Å². The van der Waals surface area contributed by atoms with Gasteiger partial charge in [0.15, 0.2) is 0 Å². The molecule has 0 saturated heterocycles. The molecule has 0 amide bonds. The van der Waals surface area contributed by atoms with E-state index in [1.807, 2.05) is 19.1 Å². The molecule has 88 valence electrons. The Morgan fingerprint density at radius 2 is 2.00 bits per heavy atom. The molecule has 0 saturated carbocycles. The highest BCUT2D eigenvalue weighted by molar-refractivity contribution is 5.32. The predicted octanol–water partition coefficient (Wildman–Crippen LogP) is 3.69. The first-order valence-electron chi connectivity index (χ1n) is 5.31. The van der Waals surface area contributed by atoms with Crippen LogP contribution in [0, 0.1) is 5.41 Å². The number of rotatable bonds is 4. The minimum absolute atomic E-state index is 0.339. The summed E-state index contributed by atoms with van der Waals surface area (Å²) in [6.45, 7) is 1.95. The second-order valence-electron chi connectivity index (χ2n) is 4.22. The molecule has 1 atom stereocenters. The van der Waals surface area contributed by atoms with Crippen molar-refractivity contribution in [1.29, 1.82) is 0 Å². The highest BCUT2D eigenvalue weighted by Crippen LogP contribution is 2.39. The lowest BCUT2D eigenvalue weighted by Gasteiger charge is -2.30. The Hall–Kier alpha value is -1.64. The molecule has 3 nitrogen and oxygen atoms in total. The van der Waals surface area contributed by atoms with Crippen LogP contribution in [0.4, 0.5) is 0 Å². The molecule has 16 heavy (non-hydrogen) atoms. The van der Waals surface area contributed by atoms with E-state index < -0.39 is 0 Å². The second-order valence-corrected chi connectivity index (χ2v) is 4.22. The Balaban J connectivity index is 2.89. The van der Waals surface area contributed by atoms with E-state index >= 15 is 0 Å². The molecule has 0 heterocycles. The van der Waals surface area contributed by atoms with Crippen molar-refractivity contribution in [2.45, 2.75) is 26.2 Å². The largest absolute Gasteiger partial charge is 0.516 e. The summed E-state index contributed by atoms with van der Waals surface area (Å²) in [6.07, 6.45) is 10.9. The Kier molecular flexibility index (Phi) is 4.23. The van der Waals surface area contributed by atoms with Gasteiger partial charge in [-0.1, -0.05) is 19.1 Å². The van der Waals surface area contributed by atoms with Crippen LogP contribution in [0.2, 0.25) is 0 Å². The molecule has 0 aliphatic heterocycles. The zero-order valence-corrected chi connectivity index (χ0v) is 9.43. The van der Waals surface area contributed by atoms with Crippen LogP contribution in [0.1, 0.15) is 26.2 Å². The molecule has 1 aliphatic rings. The first-order chi connectivity index (χ1) is 7.64. The predicted molar refractivity (Wildman–Crippen MR) is 64.3 cm³/mol. The first kappa shape index (κ1) is 12.4. The van der Waals surface area contributed by atoms with Crippen LogP contribution in [0.3, 0.4) is 0 Å². The van der Waals surface area contributed by atoms with Crippen molar-refractivity contribution >= 4 is 0 Å². The normalized spacial score (nSPS) is 26.1. The van der Waals surface area contributed by atoms with Crippen LogP contribution in [-0.4, -0.2) is 15.3 Å². The third-order valence-electron chi connectivity index (χ3n) is 2.88. The van der Waals surface area contributed by atoms with Gasteiger partial charge in [-0.05, 0) is 37.0 Å². The summed E-state index contributed by atoms with van der Waals surface area (Å²) in [5.74, 6) is 0.339. The van der Waals surface area contributed by atoms with E-state index in [0.29, 0.717) is 18.6 Å². The van der Waals surface area contributed by atoms with Crippen molar-refractivity contribution in [3.05, 3.63) is 48.2 Å². The van der Waals surface area contributed by atoms with Crippen LogP contribution in [0.5, 0.6) is 0 Å². The lowest BCUT2D eigenvalue weighted by Crippen LogP contribution is -2.21. The molecule has 0 aromatic carbocycles. The fourth-order valence-corrected chi connectivity index (χ4v) is 1.86. The molecule has 1 rings (SSSR count). The molecule has 0 aromatic heterocycles. The molecule has 0 spiro atoms. The molecule has 1 unspecified atom stereocenters. The topological polar surface area (TPSA) is 60.7 Å². The van der Waals surface area contributed by atoms with Gasteiger partial charge < -0.3 is 15.3 Å². The Morgan fingerprint density at radius 3 is 2.62 bits per heavy atom. The fourth-order valence-electron chi connectivity index (χ4n) is 1.86. The zero-order chi connectivity index (χ0) is 12.0. The maximum atomic E-state index is 10.1. The van der Waals surface area contributed by atoms with Crippen molar-refractivity contribution in [3.63, 3.8) is 0 Å². The van der Waals surface area contributed by atoms with E-state index in [1.165, 1.54) is 0 Å². The van der Waals surface area contributed by atoms with E-state index in [1.54, 1.807) is 12.2 Å². The Bertz CT molecular complexity index is 350. The lowest BCUT2D eigenvalue weighted by molar-refractivity contribution is 0.231. The van der Waals surface area contributed by atoms with E-state index in [2.05, 4.69) is 0 Å². The minimum Gasteiger partial charge on any atom is -0.516 e. The smallest absolute Gasteiger partial charge is 0.102 e. The SMILES string of the molecule is CC1(CC=CO)CC=CC(CC=CO)=C1O. The number of hydrogen-bond acceptors (Lipinski definition) is 3. The summed E-state index contributed by atoms with van der Waals surface area (Å²) in [6, 6.07) is 0. The molecule has 3 heteroatoms. The maximum absolute atomic E-state index is 10.1. The van der Waals surface area contributed by atoms with Crippen molar-refractivity contribution < 1.29 is 15.3 Å². The lowest BCUT2D eigenvalue weighted by atomic mass is 9.76. The highest BCUT2D eigenvalue weighted by Gasteiger charge is 2.30. The van der Waals surface area contributed by atoms with Gasteiger partial charge in [0.05, 0.1) is 12.5 Å². The summed E-state index contributed by atoms with van der Waals surface area (Å²) >= 11 is 0. The summed E-state index contributed by atoms with van der Waals surface area (Å²) in [7, 11) is 0.